The molecule has 142 valence electrons. The van der Waals surface area contributed by atoms with Crippen molar-refractivity contribution in [1.82, 2.24) is 15.2 Å². The van der Waals surface area contributed by atoms with E-state index in [1.165, 1.54) is 6.07 Å². The number of fused-ring (bicyclic) bond motifs is 1. The molecular weight excluding hydrogens is 368 g/mol. The summed E-state index contributed by atoms with van der Waals surface area (Å²) in [6.45, 7) is 3.83. The van der Waals surface area contributed by atoms with Crippen LogP contribution in [-0.2, 0) is 4.79 Å². The number of halogens is 2. The Morgan fingerprint density at radius 3 is 2.63 bits per heavy atom. The van der Waals surface area contributed by atoms with Gasteiger partial charge in [-0.25, -0.2) is 13.8 Å². The zero-order chi connectivity index (χ0) is 19.6. The monoisotopic (exact) mass is 389 g/mol. The maximum absolute atomic E-state index is 13.4. The zero-order valence-electron chi connectivity index (χ0n) is 15.4. The van der Waals surface area contributed by atoms with Crippen molar-refractivity contribution in [3.63, 3.8) is 0 Å². The predicted octanol–water partition coefficient (Wildman–Crippen LogP) is 4.44. The van der Waals surface area contributed by atoms with Crippen molar-refractivity contribution in [2.45, 2.75) is 25.9 Å². The minimum Gasteiger partial charge on any atom is -0.335 e. The number of benzene rings is 2. The molecule has 1 amide bonds. The molecule has 0 saturated carbocycles. The van der Waals surface area contributed by atoms with Crippen LogP contribution in [-0.4, -0.2) is 29.4 Å². The first-order chi connectivity index (χ1) is 12.9. The number of para-hydroxylation sites is 1. The van der Waals surface area contributed by atoms with Crippen molar-refractivity contribution in [3.8, 4) is 0 Å². The van der Waals surface area contributed by atoms with Gasteiger partial charge in [-0.05, 0) is 43.7 Å². The Labute approximate surface area is 160 Å². The Hall–Kier alpha value is -2.38. The summed E-state index contributed by atoms with van der Waals surface area (Å²) >= 11 is 1.57. The van der Waals surface area contributed by atoms with E-state index in [9.17, 15) is 13.6 Å². The molecule has 27 heavy (non-hydrogen) atoms. The minimum atomic E-state index is -0.894. The molecule has 7 heteroatoms. The van der Waals surface area contributed by atoms with E-state index in [-0.39, 0.29) is 24.5 Å². The number of thiazole rings is 1. The zero-order valence-corrected chi connectivity index (χ0v) is 16.2. The van der Waals surface area contributed by atoms with Crippen molar-refractivity contribution in [2.75, 3.05) is 13.6 Å². The van der Waals surface area contributed by atoms with Crippen LogP contribution < -0.4 is 5.32 Å². The third kappa shape index (κ3) is 4.31. The minimum absolute atomic E-state index is 0.0892. The smallest absolute Gasteiger partial charge is 0.236 e. The highest BCUT2D eigenvalue weighted by molar-refractivity contribution is 7.18. The Kier molecular flexibility index (Phi) is 5.82. The van der Waals surface area contributed by atoms with E-state index < -0.39 is 11.6 Å². The summed E-state index contributed by atoms with van der Waals surface area (Å²) in [7, 11) is 1.74. The standard InChI is InChI=1S/C20H21F2N3OS/c1-12(14-8-9-15(21)16(22)10-14)23-11-19(26)25(3)13(2)20-24-17-6-4-5-7-18(17)27-20/h4-10,12-13,23H,11H2,1-3H3/t12-,13+/m1/s1. The van der Waals surface area contributed by atoms with Crippen molar-refractivity contribution in [3.05, 3.63) is 64.7 Å². The van der Waals surface area contributed by atoms with Gasteiger partial charge in [0.05, 0.1) is 22.8 Å². The van der Waals surface area contributed by atoms with Gasteiger partial charge in [0.2, 0.25) is 5.91 Å². The van der Waals surface area contributed by atoms with Crippen molar-refractivity contribution in [1.29, 1.82) is 0 Å². The van der Waals surface area contributed by atoms with Crippen molar-refractivity contribution < 1.29 is 13.6 Å². The molecule has 0 aliphatic heterocycles. The molecule has 1 aromatic heterocycles. The van der Waals surface area contributed by atoms with E-state index in [2.05, 4.69) is 10.3 Å². The lowest BCUT2D eigenvalue weighted by atomic mass is 10.1. The van der Waals surface area contributed by atoms with Crippen molar-refractivity contribution in [2.24, 2.45) is 0 Å². The number of rotatable bonds is 6. The quantitative estimate of drug-likeness (QED) is 0.678. The van der Waals surface area contributed by atoms with Crippen LogP contribution in [0.5, 0.6) is 0 Å². The Morgan fingerprint density at radius 2 is 1.93 bits per heavy atom. The molecule has 3 rings (SSSR count). The molecular formula is C20H21F2N3OS. The van der Waals surface area contributed by atoms with Crippen LogP contribution in [0.1, 0.15) is 36.5 Å². The average molecular weight is 389 g/mol. The molecule has 1 heterocycles. The number of nitrogens with one attached hydrogen (secondary N) is 1. The maximum atomic E-state index is 13.4. The van der Waals surface area contributed by atoms with E-state index in [1.807, 2.05) is 31.2 Å². The van der Waals surface area contributed by atoms with Gasteiger partial charge in [-0.15, -0.1) is 11.3 Å². The van der Waals surface area contributed by atoms with Gasteiger partial charge in [-0.1, -0.05) is 18.2 Å². The van der Waals surface area contributed by atoms with Crippen LogP contribution in [0.25, 0.3) is 10.2 Å². The van der Waals surface area contributed by atoms with Gasteiger partial charge in [0.1, 0.15) is 5.01 Å². The highest BCUT2D eigenvalue weighted by Crippen LogP contribution is 2.28. The third-order valence-electron chi connectivity index (χ3n) is 4.65. The number of carbonyl (C=O) groups excluding carboxylic acids is 1. The molecule has 0 aliphatic rings. The van der Waals surface area contributed by atoms with Crippen LogP contribution in [0.15, 0.2) is 42.5 Å². The first kappa shape index (κ1) is 19.4. The number of nitrogens with zero attached hydrogens (tertiary/aromatic N) is 2. The van der Waals surface area contributed by atoms with Crippen LogP contribution in [0.3, 0.4) is 0 Å². The lowest BCUT2D eigenvalue weighted by molar-refractivity contribution is -0.131. The Balaban J connectivity index is 1.61. The molecule has 2 atom stereocenters. The number of hydrogen-bond acceptors (Lipinski definition) is 4. The Morgan fingerprint density at radius 1 is 1.19 bits per heavy atom. The molecule has 1 N–H and O–H groups in total. The SMILES string of the molecule is C[C@@H](NCC(=O)N(C)[C@@H](C)c1nc2ccccc2s1)c1ccc(F)c(F)c1. The largest absolute Gasteiger partial charge is 0.335 e. The van der Waals surface area contributed by atoms with Gasteiger partial charge in [0.15, 0.2) is 11.6 Å². The summed E-state index contributed by atoms with van der Waals surface area (Å²) in [5.41, 5.74) is 1.51. The molecule has 0 bridgehead atoms. The van der Waals surface area contributed by atoms with Gasteiger partial charge < -0.3 is 10.2 Å². The maximum Gasteiger partial charge on any atom is 0.236 e. The molecule has 0 radical (unpaired) electrons. The molecule has 0 aliphatic carbocycles. The first-order valence-electron chi connectivity index (χ1n) is 8.66. The fraction of sp³-hybridized carbons (Fsp3) is 0.300. The summed E-state index contributed by atoms with van der Waals surface area (Å²) in [4.78, 5) is 18.8. The van der Waals surface area contributed by atoms with Crippen LogP contribution >= 0.6 is 11.3 Å². The lowest BCUT2D eigenvalue weighted by Gasteiger charge is -2.24. The first-order valence-corrected chi connectivity index (χ1v) is 9.48. The molecule has 2 aromatic carbocycles. The van der Waals surface area contributed by atoms with E-state index in [0.717, 1.165) is 27.4 Å². The Bertz CT molecular complexity index is 926. The van der Waals surface area contributed by atoms with E-state index in [0.29, 0.717) is 5.56 Å². The number of hydrogen-bond donors (Lipinski definition) is 1. The van der Waals surface area contributed by atoms with E-state index >= 15 is 0 Å². The number of likely N-dealkylation sites (N-methyl/N-ethyl adjacent to an activating group) is 1. The molecule has 0 unspecified atom stereocenters. The van der Waals surface area contributed by atoms with Crippen LogP contribution in [0.4, 0.5) is 8.78 Å². The summed E-state index contributed by atoms with van der Waals surface area (Å²) in [5, 5.41) is 3.94. The average Bonchev–Trinajstić information content (AvgIpc) is 3.11. The molecule has 0 spiro atoms. The highest BCUT2D eigenvalue weighted by atomic mass is 32.1. The summed E-state index contributed by atoms with van der Waals surface area (Å²) in [6.07, 6.45) is 0. The van der Waals surface area contributed by atoms with Crippen LogP contribution in [0, 0.1) is 11.6 Å². The van der Waals surface area contributed by atoms with Gasteiger partial charge in [-0.2, -0.15) is 0 Å². The topological polar surface area (TPSA) is 45.2 Å². The normalized spacial score (nSPS) is 13.5. The molecule has 0 saturated heterocycles. The second kappa shape index (κ2) is 8.10. The summed E-state index contributed by atoms with van der Waals surface area (Å²) < 4.78 is 27.5. The molecule has 4 nitrogen and oxygen atoms in total. The third-order valence-corrected chi connectivity index (χ3v) is 5.85. The van der Waals surface area contributed by atoms with Gasteiger partial charge in [0, 0.05) is 13.1 Å². The molecule has 3 aromatic rings. The van der Waals surface area contributed by atoms with Gasteiger partial charge >= 0.3 is 0 Å². The molecule has 0 fully saturated rings. The number of carbonyl (C=O) groups is 1. The lowest BCUT2D eigenvalue weighted by Crippen LogP contribution is -2.37. The number of aromatic nitrogens is 1. The second-order valence-electron chi connectivity index (χ2n) is 6.48. The van der Waals surface area contributed by atoms with Crippen LogP contribution in [0.2, 0.25) is 0 Å². The number of amides is 1. The predicted molar refractivity (Wildman–Crippen MR) is 104 cm³/mol. The summed E-state index contributed by atoms with van der Waals surface area (Å²) in [6, 6.07) is 11.2. The van der Waals surface area contributed by atoms with E-state index in [1.54, 1.807) is 30.2 Å². The van der Waals surface area contributed by atoms with Crippen molar-refractivity contribution >= 4 is 27.5 Å². The van der Waals surface area contributed by atoms with Gasteiger partial charge in [-0.3, -0.25) is 4.79 Å². The summed E-state index contributed by atoms with van der Waals surface area (Å²) in [5.74, 6) is -1.88. The second-order valence-corrected chi connectivity index (χ2v) is 7.54. The fourth-order valence-corrected chi connectivity index (χ4v) is 3.78. The van der Waals surface area contributed by atoms with Gasteiger partial charge in [0.25, 0.3) is 0 Å². The highest BCUT2D eigenvalue weighted by Gasteiger charge is 2.21. The fourth-order valence-electron chi connectivity index (χ4n) is 2.72. The van der Waals surface area contributed by atoms with E-state index in [4.69, 9.17) is 0 Å².